The second-order valence-corrected chi connectivity index (χ2v) is 7.16. The highest BCUT2D eigenvalue weighted by Crippen LogP contribution is 2.27. The summed E-state index contributed by atoms with van der Waals surface area (Å²) in [5.74, 6) is 1.45. The Labute approximate surface area is 168 Å². The first kappa shape index (κ1) is 19.9. The van der Waals surface area contributed by atoms with Crippen LogP contribution in [0.4, 0.5) is 5.69 Å². The van der Waals surface area contributed by atoms with Crippen LogP contribution < -0.4 is 10.1 Å². The van der Waals surface area contributed by atoms with Crippen LogP contribution in [0, 0.1) is 6.92 Å². The molecule has 7 nitrogen and oxygen atoms in total. The number of rotatable bonds is 8. The van der Waals surface area contributed by atoms with Gasteiger partial charge in [0.05, 0.1) is 18.6 Å². The minimum atomic E-state index is -0.126. The van der Waals surface area contributed by atoms with Gasteiger partial charge in [0.1, 0.15) is 11.4 Å². The van der Waals surface area contributed by atoms with Crippen LogP contribution in [0.2, 0.25) is 0 Å². The van der Waals surface area contributed by atoms with Gasteiger partial charge in [-0.2, -0.15) is 0 Å². The number of thioether (sulfide) groups is 1. The molecule has 3 aromatic rings. The molecule has 1 amide bonds. The van der Waals surface area contributed by atoms with Crippen LogP contribution in [0.15, 0.2) is 47.8 Å². The summed E-state index contributed by atoms with van der Waals surface area (Å²) >= 11 is 1.36. The summed E-state index contributed by atoms with van der Waals surface area (Å²) in [7, 11) is 1.58. The van der Waals surface area contributed by atoms with Crippen molar-refractivity contribution in [1.29, 1.82) is 0 Å². The van der Waals surface area contributed by atoms with Crippen molar-refractivity contribution in [2.75, 3.05) is 18.2 Å². The van der Waals surface area contributed by atoms with Crippen LogP contribution in [0.25, 0.3) is 11.5 Å². The van der Waals surface area contributed by atoms with E-state index >= 15 is 0 Å². The molecule has 0 aliphatic heterocycles. The van der Waals surface area contributed by atoms with Crippen LogP contribution in [-0.4, -0.2) is 38.5 Å². The van der Waals surface area contributed by atoms with Crippen molar-refractivity contribution in [3.05, 3.63) is 48.2 Å². The minimum absolute atomic E-state index is 0.126. The lowest BCUT2D eigenvalue weighted by atomic mass is 10.2. The van der Waals surface area contributed by atoms with E-state index in [1.807, 2.05) is 47.9 Å². The summed E-state index contributed by atoms with van der Waals surface area (Å²) in [6, 6.07) is 11.4. The van der Waals surface area contributed by atoms with E-state index in [1.165, 1.54) is 11.8 Å². The number of ether oxygens (including phenoxy) is 1. The largest absolute Gasteiger partial charge is 0.495 e. The standard InChI is InChI=1S/C20H23N5O2S/c1-4-11-25-19(15-7-5-6-10-21-15)23-24-20(25)28-13-18(26)22-16-12-14(2)8-9-17(16)27-3/h5-10,12H,4,11,13H2,1-3H3,(H,22,26). The lowest BCUT2D eigenvalue weighted by Gasteiger charge is -2.11. The maximum absolute atomic E-state index is 12.5. The number of methoxy groups -OCH3 is 1. The monoisotopic (exact) mass is 397 g/mol. The average Bonchev–Trinajstić information content (AvgIpc) is 3.10. The number of hydrogen-bond donors (Lipinski definition) is 1. The second kappa shape index (κ2) is 9.36. The Morgan fingerprint density at radius 1 is 1.25 bits per heavy atom. The Morgan fingerprint density at radius 3 is 2.82 bits per heavy atom. The van der Waals surface area contributed by atoms with Crippen LogP contribution in [-0.2, 0) is 11.3 Å². The minimum Gasteiger partial charge on any atom is -0.495 e. The molecule has 0 atom stereocenters. The van der Waals surface area contributed by atoms with Gasteiger partial charge >= 0.3 is 0 Å². The van der Waals surface area contributed by atoms with Gasteiger partial charge < -0.3 is 14.6 Å². The summed E-state index contributed by atoms with van der Waals surface area (Å²) in [6.45, 7) is 4.82. The normalized spacial score (nSPS) is 10.7. The molecule has 0 radical (unpaired) electrons. The van der Waals surface area contributed by atoms with E-state index in [9.17, 15) is 4.79 Å². The summed E-state index contributed by atoms with van der Waals surface area (Å²) in [4.78, 5) is 16.8. The number of aryl methyl sites for hydroxylation is 1. The van der Waals surface area contributed by atoms with Crippen molar-refractivity contribution in [3.63, 3.8) is 0 Å². The highest BCUT2D eigenvalue weighted by Gasteiger charge is 2.16. The third-order valence-electron chi connectivity index (χ3n) is 4.02. The van der Waals surface area contributed by atoms with Crippen LogP contribution in [0.5, 0.6) is 5.75 Å². The number of amides is 1. The van der Waals surface area contributed by atoms with Gasteiger partial charge in [0.15, 0.2) is 11.0 Å². The maximum Gasteiger partial charge on any atom is 0.234 e. The first-order valence-corrected chi connectivity index (χ1v) is 10.0. The molecule has 0 aliphatic rings. The molecule has 28 heavy (non-hydrogen) atoms. The van der Waals surface area contributed by atoms with Gasteiger partial charge in [0.2, 0.25) is 5.91 Å². The van der Waals surface area contributed by atoms with E-state index in [-0.39, 0.29) is 11.7 Å². The molecule has 8 heteroatoms. The van der Waals surface area contributed by atoms with Crippen molar-refractivity contribution in [2.24, 2.45) is 0 Å². The number of aromatic nitrogens is 4. The molecular formula is C20H23N5O2S. The number of hydrogen-bond acceptors (Lipinski definition) is 6. The highest BCUT2D eigenvalue weighted by atomic mass is 32.2. The molecule has 1 N–H and O–H groups in total. The van der Waals surface area contributed by atoms with E-state index in [0.717, 1.165) is 24.2 Å². The lowest BCUT2D eigenvalue weighted by Crippen LogP contribution is -2.15. The van der Waals surface area contributed by atoms with E-state index in [2.05, 4.69) is 27.4 Å². The van der Waals surface area contributed by atoms with Gasteiger partial charge in [0, 0.05) is 12.7 Å². The highest BCUT2D eigenvalue weighted by molar-refractivity contribution is 7.99. The number of benzene rings is 1. The predicted octanol–water partition coefficient (Wildman–Crippen LogP) is 3.80. The number of anilines is 1. The van der Waals surface area contributed by atoms with Crippen LogP contribution >= 0.6 is 11.8 Å². The Balaban J connectivity index is 1.71. The quantitative estimate of drug-likeness (QED) is 0.582. The Hall–Kier alpha value is -2.87. The lowest BCUT2D eigenvalue weighted by molar-refractivity contribution is -0.113. The molecule has 0 aliphatic carbocycles. The summed E-state index contributed by atoms with van der Waals surface area (Å²) in [5, 5.41) is 12.2. The third kappa shape index (κ3) is 4.69. The molecule has 0 bridgehead atoms. The van der Waals surface area contributed by atoms with Crippen LogP contribution in [0.3, 0.4) is 0 Å². The molecule has 0 saturated heterocycles. The van der Waals surface area contributed by atoms with Gasteiger partial charge in [-0.05, 0) is 43.2 Å². The molecule has 3 rings (SSSR count). The molecule has 0 fully saturated rings. The molecule has 146 valence electrons. The zero-order valence-corrected chi connectivity index (χ0v) is 17.0. The maximum atomic E-state index is 12.5. The van der Waals surface area contributed by atoms with E-state index in [1.54, 1.807) is 13.3 Å². The van der Waals surface area contributed by atoms with Crippen molar-refractivity contribution >= 4 is 23.4 Å². The van der Waals surface area contributed by atoms with Gasteiger partial charge in [0.25, 0.3) is 0 Å². The van der Waals surface area contributed by atoms with Crippen molar-refractivity contribution in [2.45, 2.75) is 32.0 Å². The first-order valence-electron chi connectivity index (χ1n) is 9.04. The van der Waals surface area contributed by atoms with Gasteiger partial charge in [-0.3, -0.25) is 9.78 Å². The number of nitrogens with zero attached hydrogens (tertiary/aromatic N) is 4. The molecule has 0 spiro atoms. The first-order chi connectivity index (χ1) is 13.6. The topological polar surface area (TPSA) is 81.9 Å². The number of carbonyl (C=O) groups excluding carboxylic acids is 1. The number of pyridine rings is 1. The van der Waals surface area contributed by atoms with Gasteiger partial charge in [-0.15, -0.1) is 10.2 Å². The zero-order valence-electron chi connectivity index (χ0n) is 16.2. The average molecular weight is 398 g/mol. The van der Waals surface area contributed by atoms with Crippen LogP contribution in [0.1, 0.15) is 18.9 Å². The van der Waals surface area contributed by atoms with Crippen molar-refractivity contribution in [3.8, 4) is 17.3 Å². The molecule has 0 unspecified atom stereocenters. The summed E-state index contributed by atoms with van der Waals surface area (Å²) < 4.78 is 7.32. The van der Waals surface area contributed by atoms with E-state index in [4.69, 9.17) is 4.74 Å². The Morgan fingerprint density at radius 2 is 2.11 bits per heavy atom. The molecular weight excluding hydrogens is 374 g/mol. The number of carbonyl (C=O) groups is 1. The van der Waals surface area contributed by atoms with Gasteiger partial charge in [-0.25, -0.2) is 0 Å². The number of nitrogens with one attached hydrogen (secondary N) is 1. The van der Waals surface area contributed by atoms with Crippen molar-refractivity contribution in [1.82, 2.24) is 19.7 Å². The molecule has 2 aromatic heterocycles. The fourth-order valence-corrected chi connectivity index (χ4v) is 3.51. The summed E-state index contributed by atoms with van der Waals surface area (Å²) in [6.07, 6.45) is 2.66. The van der Waals surface area contributed by atoms with Gasteiger partial charge in [-0.1, -0.05) is 30.8 Å². The molecule has 1 aromatic carbocycles. The smallest absolute Gasteiger partial charge is 0.234 e. The molecule has 2 heterocycles. The summed E-state index contributed by atoms with van der Waals surface area (Å²) in [5.41, 5.74) is 2.48. The second-order valence-electron chi connectivity index (χ2n) is 6.21. The predicted molar refractivity (Wildman–Crippen MR) is 111 cm³/mol. The Bertz CT molecular complexity index is 943. The third-order valence-corrected chi connectivity index (χ3v) is 4.99. The fraction of sp³-hybridized carbons (Fsp3) is 0.300. The molecule has 0 saturated carbocycles. The van der Waals surface area contributed by atoms with Crippen molar-refractivity contribution < 1.29 is 9.53 Å². The van der Waals surface area contributed by atoms with E-state index < -0.39 is 0 Å². The zero-order chi connectivity index (χ0) is 19.9. The Kier molecular flexibility index (Phi) is 6.65. The fourth-order valence-electron chi connectivity index (χ4n) is 2.74. The van der Waals surface area contributed by atoms with E-state index in [0.29, 0.717) is 22.4 Å². The SMILES string of the molecule is CCCn1c(SCC(=O)Nc2cc(C)ccc2OC)nnc1-c1ccccn1.